The molecule has 1 N–H and O–H groups in total. The lowest BCUT2D eigenvalue weighted by atomic mass is 10.1. The fraction of sp³-hybridized carbons (Fsp3) is 0.136. The third-order valence-corrected chi connectivity index (χ3v) is 4.59. The minimum absolute atomic E-state index is 0.0855. The van der Waals surface area contributed by atoms with Gasteiger partial charge in [0, 0.05) is 5.69 Å². The Morgan fingerprint density at radius 3 is 2.50 bits per heavy atom. The average molecular weight is 516 g/mol. The number of nitrogens with zero attached hydrogens (tertiary/aromatic N) is 1. The van der Waals surface area contributed by atoms with Crippen LogP contribution in [0, 0.1) is 27.2 Å². The monoisotopic (exact) mass is 516 g/mol. The molecule has 0 saturated carbocycles. The standard InChI is InChI=1S/C22H17IN2O5/c1-4-9-30-20-18(23)11-14(12-19(20)28-2)10-16(13-24)21(26)25-17-7-5-15(6-8-17)22(27)29-3/h1,5-8,10-12H,9H2,2-3H3,(H,25,26)/b16-10+. The highest BCUT2D eigenvalue weighted by molar-refractivity contribution is 14.1. The molecule has 0 aromatic heterocycles. The van der Waals surface area contributed by atoms with Crippen LogP contribution in [-0.4, -0.2) is 32.7 Å². The third kappa shape index (κ3) is 5.75. The fourth-order valence-corrected chi connectivity index (χ4v) is 3.18. The van der Waals surface area contributed by atoms with Crippen molar-refractivity contribution in [3.8, 4) is 29.9 Å². The van der Waals surface area contributed by atoms with Gasteiger partial charge in [0.25, 0.3) is 5.91 Å². The number of hydrogen-bond acceptors (Lipinski definition) is 6. The van der Waals surface area contributed by atoms with Crippen molar-refractivity contribution < 1.29 is 23.8 Å². The van der Waals surface area contributed by atoms with Gasteiger partial charge in [0.1, 0.15) is 18.2 Å². The second-order valence-corrected chi connectivity index (χ2v) is 6.88. The Morgan fingerprint density at radius 1 is 1.23 bits per heavy atom. The second-order valence-electron chi connectivity index (χ2n) is 5.72. The molecular weight excluding hydrogens is 499 g/mol. The Balaban J connectivity index is 2.25. The minimum Gasteiger partial charge on any atom is -0.493 e. The molecule has 0 aliphatic carbocycles. The van der Waals surface area contributed by atoms with Crippen molar-refractivity contribution in [3.63, 3.8) is 0 Å². The summed E-state index contributed by atoms with van der Waals surface area (Å²) >= 11 is 2.06. The van der Waals surface area contributed by atoms with Crippen LogP contribution < -0.4 is 14.8 Å². The first-order chi connectivity index (χ1) is 14.4. The number of hydrogen-bond donors (Lipinski definition) is 1. The van der Waals surface area contributed by atoms with E-state index in [2.05, 4.69) is 38.6 Å². The molecule has 0 fully saturated rings. The minimum atomic E-state index is -0.593. The smallest absolute Gasteiger partial charge is 0.337 e. The van der Waals surface area contributed by atoms with Crippen LogP contribution >= 0.6 is 22.6 Å². The lowest BCUT2D eigenvalue weighted by Crippen LogP contribution is -2.13. The van der Waals surface area contributed by atoms with Crippen molar-refractivity contribution in [2.24, 2.45) is 0 Å². The van der Waals surface area contributed by atoms with Gasteiger partial charge in [-0.2, -0.15) is 5.26 Å². The first-order valence-electron chi connectivity index (χ1n) is 8.48. The van der Waals surface area contributed by atoms with Crippen LogP contribution in [-0.2, 0) is 9.53 Å². The Hall–Kier alpha value is -3.50. The number of benzene rings is 2. The lowest BCUT2D eigenvalue weighted by molar-refractivity contribution is -0.112. The van der Waals surface area contributed by atoms with Crippen molar-refractivity contribution in [2.75, 3.05) is 26.1 Å². The van der Waals surface area contributed by atoms with Crippen molar-refractivity contribution in [3.05, 3.63) is 56.7 Å². The molecule has 2 aromatic carbocycles. The zero-order chi connectivity index (χ0) is 22.1. The molecule has 8 heteroatoms. The molecular formula is C22H17IN2O5. The molecule has 0 saturated heterocycles. The fourth-order valence-electron chi connectivity index (χ4n) is 2.40. The molecule has 1 amide bonds. The molecule has 0 bridgehead atoms. The highest BCUT2D eigenvalue weighted by Gasteiger charge is 2.14. The van der Waals surface area contributed by atoms with E-state index in [9.17, 15) is 14.9 Å². The Labute approximate surface area is 187 Å². The first-order valence-corrected chi connectivity index (χ1v) is 9.56. The van der Waals surface area contributed by atoms with E-state index in [-0.39, 0.29) is 12.2 Å². The van der Waals surface area contributed by atoms with Crippen LogP contribution in [0.25, 0.3) is 6.08 Å². The number of nitriles is 1. The summed E-state index contributed by atoms with van der Waals surface area (Å²) in [5, 5.41) is 12.0. The van der Waals surface area contributed by atoms with Crippen LogP contribution in [0.1, 0.15) is 15.9 Å². The zero-order valence-electron chi connectivity index (χ0n) is 16.2. The average Bonchev–Trinajstić information content (AvgIpc) is 2.76. The molecule has 30 heavy (non-hydrogen) atoms. The van der Waals surface area contributed by atoms with Gasteiger partial charge in [-0.25, -0.2) is 4.79 Å². The van der Waals surface area contributed by atoms with E-state index in [4.69, 9.17) is 15.9 Å². The Morgan fingerprint density at radius 2 is 1.93 bits per heavy atom. The van der Waals surface area contributed by atoms with Gasteiger partial charge in [-0.1, -0.05) is 5.92 Å². The molecule has 0 heterocycles. The van der Waals surface area contributed by atoms with E-state index in [0.29, 0.717) is 31.9 Å². The summed E-state index contributed by atoms with van der Waals surface area (Å²) in [4.78, 5) is 24.0. The van der Waals surface area contributed by atoms with E-state index in [1.54, 1.807) is 24.3 Å². The Bertz CT molecular complexity index is 1060. The molecule has 0 spiro atoms. The number of rotatable bonds is 7. The maximum absolute atomic E-state index is 12.5. The highest BCUT2D eigenvalue weighted by Crippen LogP contribution is 2.34. The SMILES string of the molecule is C#CCOc1c(I)cc(/C=C(\C#N)C(=O)Nc2ccc(C(=O)OC)cc2)cc1OC. The second kappa shape index (κ2) is 10.9. The number of ether oxygens (including phenoxy) is 3. The predicted molar refractivity (Wildman–Crippen MR) is 120 cm³/mol. The van der Waals surface area contributed by atoms with Crippen LogP contribution in [0.4, 0.5) is 5.69 Å². The van der Waals surface area contributed by atoms with Gasteiger partial charge in [0.2, 0.25) is 0 Å². The van der Waals surface area contributed by atoms with Crippen molar-refractivity contribution in [1.29, 1.82) is 5.26 Å². The summed E-state index contributed by atoms with van der Waals surface area (Å²) in [5.41, 5.74) is 1.25. The van der Waals surface area contributed by atoms with E-state index in [1.807, 2.05) is 6.07 Å². The number of esters is 1. The topological polar surface area (TPSA) is 97.7 Å². The largest absolute Gasteiger partial charge is 0.493 e. The number of nitrogens with one attached hydrogen (secondary N) is 1. The summed E-state index contributed by atoms with van der Waals surface area (Å²) in [6.07, 6.45) is 6.67. The van der Waals surface area contributed by atoms with Gasteiger partial charge < -0.3 is 19.5 Å². The number of terminal acetylenes is 1. The molecule has 152 valence electrons. The summed E-state index contributed by atoms with van der Waals surface area (Å²) in [6, 6.07) is 11.4. The molecule has 2 rings (SSSR count). The van der Waals surface area contributed by atoms with Gasteiger partial charge in [-0.15, -0.1) is 6.42 Å². The third-order valence-electron chi connectivity index (χ3n) is 3.79. The predicted octanol–water partition coefficient (Wildman–Crippen LogP) is 3.64. The summed E-state index contributed by atoms with van der Waals surface area (Å²) in [6.45, 7) is 0.0855. The number of halogens is 1. The van der Waals surface area contributed by atoms with Crippen LogP contribution in [0.3, 0.4) is 0 Å². The summed E-state index contributed by atoms with van der Waals surface area (Å²) in [5.74, 6) is 2.23. The quantitative estimate of drug-likeness (QED) is 0.199. The molecule has 0 aliphatic rings. The summed E-state index contributed by atoms with van der Waals surface area (Å²) in [7, 11) is 2.77. The zero-order valence-corrected chi connectivity index (χ0v) is 18.3. The number of carbonyl (C=O) groups excluding carboxylic acids is 2. The molecule has 2 aromatic rings. The number of anilines is 1. The highest BCUT2D eigenvalue weighted by atomic mass is 127. The first kappa shape index (κ1) is 22.8. The normalized spacial score (nSPS) is 10.4. The van der Waals surface area contributed by atoms with Gasteiger partial charge in [0.05, 0.1) is 23.4 Å². The van der Waals surface area contributed by atoms with Gasteiger partial charge >= 0.3 is 5.97 Å². The maximum Gasteiger partial charge on any atom is 0.337 e. The molecule has 7 nitrogen and oxygen atoms in total. The van der Waals surface area contributed by atoms with Crippen LogP contribution in [0.5, 0.6) is 11.5 Å². The van der Waals surface area contributed by atoms with E-state index >= 15 is 0 Å². The van der Waals surface area contributed by atoms with E-state index in [0.717, 1.165) is 0 Å². The van der Waals surface area contributed by atoms with Crippen LogP contribution in [0.2, 0.25) is 0 Å². The van der Waals surface area contributed by atoms with Crippen molar-refractivity contribution in [2.45, 2.75) is 0 Å². The molecule has 0 aliphatic heterocycles. The van der Waals surface area contributed by atoms with Crippen molar-refractivity contribution >= 4 is 46.2 Å². The van der Waals surface area contributed by atoms with Crippen molar-refractivity contribution in [1.82, 2.24) is 0 Å². The number of methoxy groups -OCH3 is 2. The molecule has 0 radical (unpaired) electrons. The van der Waals surface area contributed by atoms with Gasteiger partial charge in [-0.3, -0.25) is 4.79 Å². The molecule has 0 atom stereocenters. The Kier molecular flexibility index (Phi) is 8.27. The molecule has 0 unspecified atom stereocenters. The summed E-state index contributed by atoms with van der Waals surface area (Å²) < 4.78 is 16.2. The number of amides is 1. The van der Waals surface area contributed by atoms with Crippen LogP contribution in [0.15, 0.2) is 42.0 Å². The van der Waals surface area contributed by atoms with Gasteiger partial charge in [-0.05, 0) is 70.6 Å². The van der Waals surface area contributed by atoms with E-state index in [1.165, 1.54) is 32.4 Å². The van der Waals surface area contributed by atoms with Gasteiger partial charge in [0.15, 0.2) is 11.5 Å². The number of carbonyl (C=O) groups is 2. The maximum atomic E-state index is 12.5. The van der Waals surface area contributed by atoms with E-state index < -0.39 is 11.9 Å². The lowest BCUT2D eigenvalue weighted by Gasteiger charge is -2.12.